The monoisotopic (exact) mass is 323 g/mol. The zero-order valence-electron chi connectivity index (χ0n) is 12.6. The lowest BCUT2D eigenvalue weighted by Gasteiger charge is -2.34. The molecule has 0 aliphatic carbocycles. The van der Waals surface area contributed by atoms with Crippen molar-refractivity contribution >= 4 is 11.6 Å². The molecule has 0 atom stereocenters. The van der Waals surface area contributed by atoms with Gasteiger partial charge in [0.15, 0.2) is 5.76 Å². The van der Waals surface area contributed by atoms with Crippen LogP contribution in [0, 0.1) is 12.7 Å². The molecule has 22 heavy (non-hydrogen) atoms. The van der Waals surface area contributed by atoms with Crippen LogP contribution in [-0.2, 0) is 13.1 Å². The molecule has 1 aromatic carbocycles. The van der Waals surface area contributed by atoms with Crippen LogP contribution in [0.1, 0.15) is 17.0 Å². The summed E-state index contributed by atoms with van der Waals surface area (Å²) in [5.74, 6) is 0.619. The van der Waals surface area contributed by atoms with Gasteiger partial charge in [0.2, 0.25) is 0 Å². The maximum atomic E-state index is 13.1. The molecule has 1 fully saturated rings. The summed E-state index contributed by atoms with van der Waals surface area (Å²) in [4.78, 5) is 4.68. The molecule has 0 saturated carbocycles. The largest absolute Gasteiger partial charge is 0.360 e. The molecule has 1 aliphatic rings. The second-order valence-corrected chi connectivity index (χ2v) is 6.13. The quantitative estimate of drug-likeness (QED) is 0.865. The van der Waals surface area contributed by atoms with Crippen LogP contribution in [0.5, 0.6) is 0 Å². The lowest BCUT2D eigenvalue weighted by Crippen LogP contribution is -2.45. The van der Waals surface area contributed by atoms with Crippen molar-refractivity contribution < 1.29 is 8.91 Å². The van der Waals surface area contributed by atoms with Crippen LogP contribution >= 0.6 is 11.6 Å². The van der Waals surface area contributed by atoms with Crippen LogP contribution in [0.2, 0.25) is 5.02 Å². The third-order valence-electron chi connectivity index (χ3n) is 3.93. The Labute approximate surface area is 134 Å². The smallest absolute Gasteiger partial charge is 0.150 e. The van der Waals surface area contributed by atoms with E-state index < -0.39 is 0 Å². The summed E-state index contributed by atoms with van der Waals surface area (Å²) in [5, 5.41) is 4.41. The van der Waals surface area contributed by atoms with Crippen molar-refractivity contribution in [2.45, 2.75) is 20.0 Å². The SMILES string of the molecule is Cc1cc(CN2CCN(Cc3ccc(F)cc3Cl)CC2)on1. The van der Waals surface area contributed by atoms with E-state index in [1.165, 1.54) is 12.1 Å². The normalized spacial score (nSPS) is 17.0. The maximum Gasteiger partial charge on any atom is 0.150 e. The highest BCUT2D eigenvalue weighted by Gasteiger charge is 2.19. The van der Waals surface area contributed by atoms with E-state index in [9.17, 15) is 4.39 Å². The Kier molecular flexibility index (Phi) is 4.76. The van der Waals surface area contributed by atoms with Crippen LogP contribution in [0.25, 0.3) is 0 Å². The predicted octanol–water partition coefficient (Wildman–Crippen LogP) is 3.09. The lowest BCUT2D eigenvalue weighted by atomic mass is 10.2. The zero-order chi connectivity index (χ0) is 15.5. The molecule has 6 heteroatoms. The zero-order valence-corrected chi connectivity index (χ0v) is 13.3. The Bertz CT molecular complexity index is 638. The highest BCUT2D eigenvalue weighted by molar-refractivity contribution is 6.31. The van der Waals surface area contributed by atoms with Crippen molar-refractivity contribution in [2.75, 3.05) is 26.2 Å². The van der Waals surface area contributed by atoms with E-state index in [1.54, 1.807) is 6.07 Å². The van der Waals surface area contributed by atoms with Gasteiger partial charge >= 0.3 is 0 Å². The Balaban J connectivity index is 1.51. The summed E-state index contributed by atoms with van der Waals surface area (Å²) >= 11 is 6.09. The number of nitrogens with zero attached hydrogens (tertiary/aromatic N) is 3. The summed E-state index contributed by atoms with van der Waals surface area (Å²) < 4.78 is 18.3. The Hall–Kier alpha value is -1.43. The first-order chi connectivity index (χ1) is 10.6. The Morgan fingerprint density at radius 1 is 1.14 bits per heavy atom. The van der Waals surface area contributed by atoms with Crippen molar-refractivity contribution in [3.05, 3.63) is 52.1 Å². The van der Waals surface area contributed by atoms with Crippen LogP contribution in [0.3, 0.4) is 0 Å². The number of piperazine rings is 1. The number of hydrogen-bond donors (Lipinski definition) is 0. The number of aryl methyl sites for hydroxylation is 1. The molecule has 2 aromatic rings. The van der Waals surface area contributed by atoms with Gasteiger partial charge in [-0.3, -0.25) is 9.80 Å². The fourth-order valence-electron chi connectivity index (χ4n) is 2.71. The molecular weight excluding hydrogens is 305 g/mol. The van der Waals surface area contributed by atoms with E-state index in [4.69, 9.17) is 16.1 Å². The van der Waals surface area contributed by atoms with Crippen molar-refractivity contribution in [3.8, 4) is 0 Å². The lowest BCUT2D eigenvalue weighted by molar-refractivity contribution is 0.113. The standard InChI is InChI=1S/C16H19ClFN3O/c1-12-8-15(22-19-12)11-21-6-4-20(5-7-21)10-13-2-3-14(18)9-16(13)17/h2-3,8-9H,4-7,10-11H2,1H3. The van der Waals surface area contributed by atoms with Gasteiger partial charge in [-0.2, -0.15) is 0 Å². The summed E-state index contributed by atoms with van der Waals surface area (Å²) in [7, 11) is 0. The average Bonchev–Trinajstić information content (AvgIpc) is 2.89. The molecule has 0 N–H and O–H groups in total. The fraction of sp³-hybridized carbons (Fsp3) is 0.438. The minimum absolute atomic E-state index is 0.291. The van der Waals surface area contributed by atoms with E-state index in [-0.39, 0.29) is 5.82 Å². The molecule has 0 radical (unpaired) electrons. The highest BCUT2D eigenvalue weighted by atomic mass is 35.5. The molecular formula is C16H19ClFN3O. The summed E-state index contributed by atoms with van der Waals surface area (Å²) in [6, 6.07) is 6.58. The molecule has 1 aromatic heterocycles. The van der Waals surface area contributed by atoms with Crippen LogP contribution in [0.15, 0.2) is 28.8 Å². The number of aromatic nitrogens is 1. The highest BCUT2D eigenvalue weighted by Crippen LogP contribution is 2.20. The first kappa shape index (κ1) is 15.5. The molecule has 0 bridgehead atoms. The van der Waals surface area contributed by atoms with E-state index in [0.29, 0.717) is 5.02 Å². The molecule has 0 unspecified atom stereocenters. The molecule has 118 valence electrons. The van der Waals surface area contributed by atoms with Crippen LogP contribution < -0.4 is 0 Å². The molecule has 0 spiro atoms. The van der Waals surface area contributed by atoms with Gasteiger partial charge in [-0.1, -0.05) is 22.8 Å². The molecule has 2 heterocycles. The number of halogens is 2. The van der Waals surface area contributed by atoms with Gasteiger partial charge in [0.1, 0.15) is 5.82 Å². The Morgan fingerprint density at radius 3 is 2.41 bits per heavy atom. The Morgan fingerprint density at radius 2 is 1.82 bits per heavy atom. The number of benzene rings is 1. The van der Waals surface area contributed by atoms with Gasteiger partial charge in [-0.15, -0.1) is 0 Å². The minimum atomic E-state index is -0.291. The van der Waals surface area contributed by atoms with E-state index in [1.807, 2.05) is 13.0 Å². The van der Waals surface area contributed by atoms with Crippen molar-refractivity contribution in [1.29, 1.82) is 0 Å². The predicted molar refractivity (Wildman–Crippen MR) is 83.2 cm³/mol. The topological polar surface area (TPSA) is 32.5 Å². The second-order valence-electron chi connectivity index (χ2n) is 5.72. The molecule has 4 nitrogen and oxygen atoms in total. The summed E-state index contributed by atoms with van der Waals surface area (Å²) in [6.45, 7) is 7.34. The molecule has 3 rings (SSSR count). The van der Waals surface area contributed by atoms with Crippen molar-refractivity contribution in [2.24, 2.45) is 0 Å². The molecule has 1 aliphatic heterocycles. The van der Waals surface area contributed by atoms with Gasteiger partial charge in [0, 0.05) is 43.8 Å². The average molecular weight is 324 g/mol. The fourth-order valence-corrected chi connectivity index (χ4v) is 2.93. The van der Waals surface area contributed by atoms with E-state index >= 15 is 0 Å². The van der Waals surface area contributed by atoms with Crippen molar-refractivity contribution in [1.82, 2.24) is 15.0 Å². The minimum Gasteiger partial charge on any atom is -0.360 e. The van der Waals surface area contributed by atoms with Crippen LogP contribution in [0.4, 0.5) is 4.39 Å². The number of hydrogen-bond acceptors (Lipinski definition) is 4. The first-order valence-corrected chi connectivity index (χ1v) is 7.79. The maximum absolute atomic E-state index is 13.1. The molecule has 1 saturated heterocycles. The van der Waals surface area contributed by atoms with E-state index in [2.05, 4.69) is 15.0 Å². The first-order valence-electron chi connectivity index (χ1n) is 7.41. The van der Waals surface area contributed by atoms with Crippen LogP contribution in [-0.4, -0.2) is 41.1 Å². The van der Waals surface area contributed by atoms with Gasteiger partial charge in [0.05, 0.1) is 12.2 Å². The summed E-state index contributed by atoms with van der Waals surface area (Å²) in [5.41, 5.74) is 1.89. The summed E-state index contributed by atoms with van der Waals surface area (Å²) in [6.07, 6.45) is 0. The van der Waals surface area contributed by atoms with Gasteiger partial charge in [-0.25, -0.2) is 4.39 Å². The number of rotatable bonds is 4. The van der Waals surface area contributed by atoms with Crippen molar-refractivity contribution in [3.63, 3.8) is 0 Å². The van der Waals surface area contributed by atoms with E-state index in [0.717, 1.165) is 56.3 Å². The third kappa shape index (κ3) is 3.85. The third-order valence-corrected chi connectivity index (χ3v) is 4.28. The second kappa shape index (κ2) is 6.77. The van der Waals surface area contributed by atoms with Gasteiger partial charge in [-0.05, 0) is 24.6 Å². The van der Waals surface area contributed by atoms with Gasteiger partial charge < -0.3 is 4.52 Å². The molecule has 0 amide bonds. The van der Waals surface area contributed by atoms with Gasteiger partial charge in [0.25, 0.3) is 0 Å².